The standard InChI is InChI=1S/C21H35N3O4S/c1-16(2)20-15-24(13-14-28-20)19-10-8-18(9-11-19)23-21(25)7-5-6-12-22-29(26,27)17(3)4/h8-11,16-17,20,22H,5-7,12-15H2,1-4H3,(H,23,25). The van der Waals surface area contributed by atoms with E-state index in [1.165, 1.54) is 0 Å². The van der Waals surface area contributed by atoms with Crippen LogP contribution in [0.15, 0.2) is 24.3 Å². The monoisotopic (exact) mass is 425 g/mol. The summed E-state index contributed by atoms with van der Waals surface area (Å²) in [6, 6.07) is 7.89. The average Bonchev–Trinajstić information content (AvgIpc) is 2.68. The number of sulfonamides is 1. The highest BCUT2D eigenvalue weighted by Gasteiger charge is 2.23. The van der Waals surface area contributed by atoms with Gasteiger partial charge in [0.2, 0.25) is 15.9 Å². The van der Waals surface area contributed by atoms with Gasteiger partial charge in [0.25, 0.3) is 0 Å². The van der Waals surface area contributed by atoms with Gasteiger partial charge in [-0.05, 0) is 56.9 Å². The smallest absolute Gasteiger partial charge is 0.224 e. The summed E-state index contributed by atoms with van der Waals surface area (Å²) in [5, 5.41) is 2.46. The lowest BCUT2D eigenvalue weighted by molar-refractivity contribution is -0.116. The molecule has 1 heterocycles. The number of nitrogens with zero attached hydrogens (tertiary/aromatic N) is 1. The average molecular weight is 426 g/mol. The van der Waals surface area contributed by atoms with Crippen LogP contribution in [-0.2, 0) is 19.6 Å². The van der Waals surface area contributed by atoms with E-state index < -0.39 is 15.3 Å². The first-order chi connectivity index (χ1) is 13.7. The van der Waals surface area contributed by atoms with Gasteiger partial charge in [0.1, 0.15) is 0 Å². The van der Waals surface area contributed by atoms with Crippen molar-refractivity contribution < 1.29 is 17.9 Å². The predicted octanol–water partition coefficient (Wildman–Crippen LogP) is 2.98. The van der Waals surface area contributed by atoms with Gasteiger partial charge in [-0.25, -0.2) is 13.1 Å². The molecule has 0 aromatic heterocycles. The Morgan fingerprint density at radius 2 is 1.86 bits per heavy atom. The van der Waals surface area contributed by atoms with E-state index in [9.17, 15) is 13.2 Å². The fourth-order valence-corrected chi connectivity index (χ4v) is 3.85. The first-order valence-corrected chi connectivity index (χ1v) is 12.0. The van der Waals surface area contributed by atoms with Crippen molar-refractivity contribution in [2.24, 2.45) is 5.92 Å². The number of hydrogen-bond acceptors (Lipinski definition) is 5. The Kier molecular flexibility index (Phi) is 8.92. The fourth-order valence-electron chi connectivity index (χ4n) is 3.08. The van der Waals surface area contributed by atoms with Crippen molar-refractivity contribution in [3.05, 3.63) is 24.3 Å². The molecular weight excluding hydrogens is 390 g/mol. The number of unbranched alkanes of at least 4 members (excludes halogenated alkanes) is 1. The zero-order chi connectivity index (χ0) is 21.4. The lowest BCUT2D eigenvalue weighted by Crippen LogP contribution is -2.44. The molecule has 1 amide bonds. The number of anilines is 2. The number of hydrogen-bond donors (Lipinski definition) is 2. The number of rotatable bonds is 10. The Hall–Kier alpha value is -1.64. The molecule has 1 aromatic rings. The molecule has 7 nitrogen and oxygen atoms in total. The molecule has 1 atom stereocenters. The molecule has 0 aliphatic carbocycles. The second-order valence-corrected chi connectivity index (χ2v) is 10.5. The van der Waals surface area contributed by atoms with Gasteiger partial charge in [0.15, 0.2) is 0 Å². The van der Waals surface area contributed by atoms with E-state index in [1.54, 1.807) is 13.8 Å². The van der Waals surface area contributed by atoms with Gasteiger partial charge in [-0.15, -0.1) is 0 Å². The van der Waals surface area contributed by atoms with Gasteiger partial charge >= 0.3 is 0 Å². The molecule has 0 bridgehead atoms. The zero-order valence-corrected chi connectivity index (χ0v) is 18.8. The van der Waals surface area contributed by atoms with Crippen molar-refractivity contribution in [2.45, 2.75) is 58.3 Å². The minimum atomic E-state index is -3.23. The second-order valence-electron chi connectivity index (χ2n) is 8.14. The quantitative estimate of drug-likeness (QED) is 0.563. The van der Waals surface area contributed by atoms with Gasteiger partial charge in [0, 0.05) is 37.4 Å². The maximum absolute atomic E-state index is 12.1. The summed E-state index contributed by atoms with van der Waals surface area (Å²) < 4.78 is 31.7. The van der Waals surface area contributed by atoms with E-state index in [4.69, 9.17) is 4.74 Å². The van der Waals surface area contributed by atoms with Crippen molar-refractivity contribution in [1.29, 1.82) is 0 Å². The number of morpholine rings is 1. The largest absolute Gasteiger partial charge is 0.374 e. The molecular formula is C21H35N3O4S. The van der Waals surface area contributed by atoms with Crippen molar-refractivity contribution in [2.75, 3.05) is 36.5 Å². The van der Waals surface area contributed by atoms with Crippen molar-refractivity contribution in [3.63, 3.8) is 0 Å². The van der Waals surface area contributed by atoms with Crippen molar-refractivity contribution in [3.8, 4) is 0 Å². The van der Waals surface area contributed by atoms with E-state index in [-0.39, 0.29) is 12.0 Å². The first kappa shape index (κ1) is 23.6. The lowest BCUT2D eigenvalue weighted by atomic mass is 10.1. The van der Waals surface area contributed by atoms with Crippen LogP contribution in [0.2, 0.25) is 0 Å². The van der Waals surface area contributed by atoms with Crippen LogP contribution in [-0.4, -0.2) is 51.9 Å². The maximum atomic E-state index is 12.1. The molecule has 2 N–H and O–H groups in total. The third-order valence-electron chi connectivity index (χ3n) is 5.11. The summed E-state index contributed by atoms with van der Waals surface area (Å²) in [7, 11) is -3.23. The molecule has 1 saturated heterocycles. The Balaban J connectivity index is 1.73. The Morgan fingerprint density at radius 3 is 2.48 bits per heavy atom. The molecule has 0 spiro atoms. The molecule has 1 aliphatic rings. The van der Waals surface area contributed by atoms with E-state index in [1.807, 2.05) is 24.3 Å². The number of benzene rings is 1. The molecule has 0 radical (unpaired) electrons. The molecule has 1 unspecified atom stereocenters. The van der Waals surface area contributed by atoms with E-state index in [2.05, 4.69) is 28.8 Å². The molecule has 1 fully saturated rings. The minimum Gasteiger partial charge on any atom is -0.374 e. The highest BCUT2D eigenvalue weighted by atomic mass is 32.2. The van der Waals surface area contributed by atoms with Crippen LogP contribution in [0.1, 0.15) is 47.0 Å². The number of carbonyl (C=O) groups is 1. The van der Waals surface area contributed by atoms with Crippen molar-refractivity contribution in [1.82, 2.24) is 4.72 Å². The van der Waals surface area contributed by atoms with E-state index >= 15 is 0 Å². The summed E-state index contributed by atoms with van der Waals surface area (Å²) in [6.07, 6.45) is 1.87. The highest BCUT2D eigenvalue weighted by Crippen LogP contribution is 2.22. The summed E-state index contributed by atoms with van der Waals surface area (Å²) >= 11 is 0. The Labute approximate surface area is 175 Å². The van der Waals surface area contributed by atoms with Gasteiger partial charge in [-0.3, -0.25) is 4.79 Å². The topological polar surface area (TPSA) is 87.7 Å². The summed E-state index contributed by atoms with van der Waals surface area (Å²) in [5.74, 6) is 0.424. The zero-order valence-electron chi connectivity index (χ0n) is 18.0. The first-order valence-electron chi connectivity index (χ1n) is 10.4. The molecule has 29 heavy (non-hydrogen) atoms. The fraction of sp³-hybridized carbons (Fsp3) is 0.667. The third kappa shape index (κ3) is 7.60. The number of ether oxygens (including phenoxy) is 1. The van der Waals surface area contributed by atoms with E-state index in [0.717, 1.165) is 31.1 Å². The number of nitrogens with one attached hydrogen (secondary N) is 2. The van der Waals surface area contributed by atoms with Crippen LogP contribution in [0.25, 0.3) is 0 Å². The van der Waals surface area contributed by atoms with Gasteiger partial charge in [-0.2, -0.15) is 0 Å². The van der Waals surface area contributed by atoms with Gasteiger partial charge < -0.3 is 15.0 Å². The summed E-state index contributed by atoms with van der Waals surface area (Å²) in [5.41, 5.74) is 1.90. The SMILES string of the molecule is CC(C)C1CN(c2ccc(NC(=O)CCCCNS(=O)(=O)C(C)C)cc2)CCO1. The normalized spacial score (nSPS) is 17.7. The Morgan fingerprint density at radius 1 is 1.17 bits per heavy atom. The van der Waals surface area contributed by atoms with Crippen LogP contribution in [0.4, 0.5) is 11.4 Å². The molecule has 1 aromatic carbocycles. The van der Waals surface area contributed by atoms with Gasteiger partial charge in [0.05, 0.1) is 18.0 Å². The maximum Gasteiger partial charge on any atom is 0.224 e. The highest BCUT2D eigenvalue weighted by molar-refractivity contribution is 7.90. The molecule has 0 saturated carbocycles. The number of carbonyl (C=O) groups excluding carboxylic acids is 1. The summed E-state index contributed by atoms with van der Waals surface area (Å²) in [4.78, 5) is 14.4. The predicted molar refractivity (Wildman–Crippen MR) is 118 cm³/mol. The molecule has 2 rings (SSSR count). The number of amides is 1. The lowest BCUT2D eigenvalue weighted by Gasteiger charge is -2.36. The van der Waals surface area contributed by atoms with Gasteiger partial charge in [-0.1, -0.05) is 13.8 Å². The second kappa shape index (κ2) is 10.9. The Bertz CT molecular complexity index is 748. The van der Waals surface area contributed by atoms with Crippen LogP contribution in [0.3, 0.4) is 0 Å². The van der Waals surface area contributed by atoms with Crippen LogP contribution < -0.4 is 14.9 Å². The van der Waals surface area contributed by atoms with Crippen LogP contribution >= 0.6 is 0 Å². The van der Waals surface area contributed by atoms with Crippen LogP contribution in [0.5, 0.6) is 0 Å². The van der Waals surface area contributed by atoms with Crippen molar-refractivity contribution >= 4 is 27.3 Å². The molecule has 8 heteroatoms. The third-order valence-corrected chi connectivity index (χ3v) is 6.96. The summed E-state index contributed by atoms with van der Waals surface area (Å²) in [6.45, 7) is 10.5. The molecule has 1 aliphatic heterocycles. The van der Waals surface area contributed by atoms with E-state index in [0.29, 0.717) is 31.7 Å². The van der Waals surface area contributed by atoms with Crippen LogP contribution in [0, 0.1) is 5.92 Å². The minimum absolute atomic E-state index is 0.0595. The molecule has 164 valence electrons.